The fraction of sp³-hybridized carbons (Fsp3) is 0.462. The van der Waals surface area contributed by atoms with Gasteiger partial charge in [0.05, 0.1) is 10.1 Å². The van der Waals surface area contributed by atoms with Gasteiger partial charge in [0.25, 0.3) is 5.56 Å². The van der Waals surface area contributed by atoms with Gasteiger partial charge in [0.1, 0.15) is 0 Å². The van der Waals surface area contributed by atoms with Crippen LogP contribution in [0.4, 0.5) is 0 Å². The molecular formula is C13H15BrN2OS. The van der Waals surface area contributed by atoms with Crippen molar-refractivity contribution < 1.29 is 0 Å². The Balaban J connectivity index is 1.92. The van der Waals surface area contributed by atoms with E-state index in [9.17, 15) is 4.79 Å². The van der Waals surface area contributed by atoms with Gasteiger partial charge in [-0.2, -0.15) is 0 Å². The molecule has 1 aromatic carbocycles. The Bertz CT molecular complexity index is 613. The van der Waals surface area contributed by atoms with E-state index in [0.29, 0.717) is 5.92 Å². The van der Waals surface area contributed by atoms with E-state index in [1.165, 1.54) is 12.8 Å². The third-order valence-electron chi connectivity index (χ3n) is 3.49. The van der Waals surface area contributed by atoms with Gasteiger partial charge in [-0.3, -0.25) is 8.75 Å². The van der Waals surface area contributed by atoms with E-state index >= 15 is 0 Å². The fourth-order valence-corrected chi connectivity index (χ4v) is 3.90. The maximum absolute atomic E-state index is 12.3. The Morgan fingerprint density at radius 1 is 1.39 bits per heavy atom. The summed E-state index contributed by atoms with van der Waals surface area (Å²) in [6.07, 6.45) is 2.34. The fourth-order valence-electron chi connectivity index (χ4n) is 2.46. The summed E-state index contributed by atoms with van der Waals surface area (Å²) in [6.45, 7) is 3.03. The highest BCUT2D eigenvalue weighted by Crippen LogP contribution is 2.23. The lowest BCUT2D eigenvalue weighted by molar-refractivity contribution is 0.339. The topological polar surface area (TPSA) is 34.0 Å². The summed E-state index contributed by atoms with van der Waals surface area (Å²) >= 11 is 5.01. The number of fused-ring (bicyclic) bond motifs is 1. The predicted octanol–water partition coefficient (Wildman–Crippen LogP) is 2.83. The van der Waals surface area contributed by atoms with Crippen LogP contribution in [0.25, 0.3) is 10.1 Å². The smallest absolute Gasteiger partial charge is 0.268 e. The third-order valence-corrected chi connectivity index (χ3v) is 5.07. The van der Waals surface area contributed by atoms with E-state index < -0.39 is 0 Å². The Hall–Kier alpha value is -0.650. The number of nitrogens with zero attached hydrogens (tertiary/aromatic N) is 1. The molecule has 1 N–H and O–H groups in total. The number of rotatable bonds is 2. The maximum Gasteiger partial charge on any atom is 0.268 e. The molecule has 5 heteroatoms. The van der Waals surface area contributed by atoms with Crippen molar-refractivity contribution in [2.75, 3.05) is 13.1 Å². The monoisotopic (exact) mass is 326 g/mol. The van der Waals surface area contributed by atoms with Gasteiger partial charge in [0.2, 0.25) is 0 Å². The van der Waals surface area contributed by atoms with Crippen molar-refractivity contribution in [2.45, 2.75) is 19.4 Å². The van der Waals surface area contributed by atoms with Gasteiger partial charge in [-0.15, -0.1) is 0 Å². The average Bonchev–Trinajstić information content (AvgIpc) is 2.68. The number of nitrogens with one attached hydrogen (secondary N) is 1. The number of hydrogen-bond donors (Lipinski definition) is 1. The quantitative estimate of drug-likeness (QED) is 0.920. The van der Waals surface area contributed by atoms with Crippen LogP contribution in [0.1, 0.15) is 12.8 Å². The second-order valence-electron chi connectivity index (χ2n) is 4.79. The molecular weight excluding hydrogens is 312 g/mol. The number of halogens is 1. The molecule has 0 unspecified atom stereocenters. The first-order valence-corrected chi connectivity index (χ1v) is 7.81. The standard InChI is InChI=1S/C13H15BrN2OS/c14-10-1-2-12-11(7-10)13(17)16(18-12)8-9-3-5-15-6-4-9/h1-2,7,9,15H,3-6,8H2. The van der Waals surface area contributed by atoms with Crippen molar-refractivity contribution in [1.29, 1.82) is 0 Å². The van der Waals surface area contributed by atoms with Crippen LogP contribution in [0.15, 0.2) is 27.5 Å². The van der Waals surface area contributed by atoms with Crippen LogP contribution in [0, 0.1) is 5.92 Å². The zero-order valence-electron chi connectivity index (χ0n) is 9.99. The molecule has 0 spiro atoms. The van der Waals surface area contributed by atoms with Crippen LogP contribution in [0.2, 0.25) is 0 Å². The molecule has 0 radical (unpaired) electrons. The van der Waals surface area contributed by atoms with Gasteiger partial charge in [0.15, 0.2) is 0 Å². The van der Waals surface area contributed by atoms with Gasteiger partial charge >= 0.3 is 0 Å². The lowest BCUT2D eigenvalue weighted by atomic mass is 9.98. The lowest BCUT2D eigenvalue weighted by Gasteiger charge is -2.22. The third kappa shape index (κ3) is 2.39. The number of hydrogen-bond acceptors (Lipinski definition) is 3. The summed E-state index contributed by atoms with van der Waals surface area (Å²) in [4.78, 5) is 12.3. The highest BCUT2D eigenvalue weighted by Gasteiger charge is 2.16. The van der Waals surface area contributed by atoms with Crippen molar-refractivity contribution in [2.24, 2.45) is 5.92 Å². The molecule has 2 aromatic rings. The minimum absolute atomic E-state index is 0.162. The second kappa shape index (κ2) is 5.15. The Morgan fingerprint density at radius 3 is 2.94 bits per heavy atom. The molecule has 0 atom stereocenters. The van der Waals surface area contributed by atoms with Crippen LogP contribution in [-0.2, 0) is 6.54 Å². The van der Waals surface area contributed by atoms with E-state index in [0.717, 1.165) is 34.2 Å². The normalized spacial score (nSPS) is 17.4. The zero-order chi connectivity index (χ0) is 12.5. The van der Waals surface area contributed by atoms with Gasteiger partial charge < -0.3 is 5.32 Å². The first-order chi connectivity index (χ1) is 8.74. The van der Waals surface area contributed by atoms with Crippen LogP contribution >= 0.6 is 27.5 Å². The van der Waals surface area contributed by atoms with E-state index in [1.807, 2.05) is 22.2 Å². The summed E-state index contributed by atoms with van der Waals surface area (Å²) < 4.78 is 3.98. The van der Waals surface area contributed by atoms with Crippen molar-refractivity contribution in [1.82, 2.24) is 9.27 Å². The Morgan fingerprint density at radius 2 is 2.17 bits per heavy atom. The summed E-state index contributed by atoms with van der Waals surface area (Å²) in [5.41, 5.74) is 0.162. The first-order valence-electron chi connectivity index (χ1n) is 6.24. The predicted molar refractivity (Wildman–Crippen MR) is 79.4 cm³/mol. The summed E-state index contributed by atoms with van der Waals surface area (Å²) in [6, 6.07) is 5.94. The molecule has 0 bridgehead atoms. The molecule has 1 saturated heterocycles. The molecule has 3 nitrogen and oxygen atoms in total. The van der Waals surface area contributed by atoms with Gasteiger partial charge in [-0.1, -0.05) is 27.5 Å². The van der Waals surface area contributed by atoms with E-state index in [-0.39, 0.29) is 5.56 Å². The maximum atomic E-state index is 12.3. The Labute approximate surface area is 118 Å². The molecule has 0 amide bonds. The molecule has 0 saturated carbocycles. The number of benzene rings is 1. The summed E-state index contributed by atoms with van der Waals surface area (Å²) in [5, 5.41) is 4.20. The minimum atomic E-state index is 0.162. The SMILES string of the molecule is O=c1c2cc(Br)ccc2sn1CC1CCNCC1. The highest BCUT2D eigenvalue weighted by molar-refractivity contribution is 9.10. The largest absolute Gasteiger partial charge is 0.317 e. The molecule has 1 aliphatic rings. The van der Waals surface area contributed by atoms with Crippen molar-refractivity contribution in [3.05, 3.63) is 33.0 Å². The minimum Gasteiger partial charge on any atom is -0.317 e. The van der Waals surface area contributed by atoms with Crippen LogP contribution in [-0.4, -0.2) is 17.0 Å². The Kier molecular flexibility index (Phi) is 3.54. The zero-order valence-corrected chi connectivity index (χ0v) is 12.4. The second-order valence-corrected chi connectivity index (χ2v) is 6.77. The number of aromatic nitrogens is 1. The summed E-state index contributed by atoms with van der Waals surface area (Å²) in [7, 11) is 0. The number of piperidine rings is 1. The van der Waals surface area contributed by atoms with Crippen molar-refractivity contribution >= 4 is 37.5 Å². The first kappa shape index (κ1) is 12.4. The lowest BCUT2D eigenvalue weighted by Crippen LogP contribution is -2.31. The van der Waals surface area contributed by atoms with Gasteiger partial charge in [0, 0.05) is 11.0 Å². The van der Waals surface area contributed by atoms with E-state index in [2.05, 4.69) is 21.2 Å². The van der Waals surface area contributed by atoms with Gasteiger partial charge in [-0.25, -0.2) is 0 Å². The molecule has 96 valence electrons. The average molecular weight is 327 g/mol. The van der Waals surface area contributed by atoms with Crippen molar-refractivity contribution in [3.8, 4) is 0 Å². The molecule has 18 heavy (non-hydrogen) atoms. The summed E-state index contributed by atoms with van der Waals surface area (Å²) in [5.74, 6) is 0.639. The van der Waals surface area contributed by atoms with Crippen LogP contribution in [0.5, 0.6) is 0 Å². The molecule has 1 fully saturated rings. The molecule has 1 aromatic heterocycles. The molecule has 3 rings (SSSR count). The van der Waals surface area contributed by atoms with E-state index in [1.54, 1.807) is 11.5 Å². The van der Waals surface area contributed by atoms with Crippen molar-refractivity contribution in [3.63, 3.8) is 0 Å². The molecule has 0 aliphatic carbocycles. The van der Waals surface area contributed by atoms with Gasteiger partial charge in [-0.05, 0) is 50.0 Å². The highest BCUT2D eigenvalue weighted by atomic mass is 79.9. The molecule has 2 heterocycles. The molecule has 1 aliphatic heterocycles. The van der Waals surface area contributed by atoms with E-state index in [4.69, 9.17) is 0 Å². The van der Waals surface area contributed by atoms with Crippen LogP contribution < -0.4 is 10.9 Å². The van der Waals surface area contributed by atoms with Crippen LogP contribution in [0.3, 0.4) is 0 Å².